The largest absolute Gasteiger partial charge is 0.368 e. The first kappa shape index (κ1) is 16.6. The molecule has 1 heterocycles. The highest BCUT2D eigenvalue weighted by atomic mass is 35.5. The van der Waals surface area contributed by atoms with E-state index in [-0.39, 0.29) is 11.4 Å². The Balaban J connectivity index is 1.96. The fourth-order valence-corrected chi connectivity index (χ4v) is 3.23. The van der Waals surface area contributed by atoms with Crippen molar-refractivity contribution in [2.75, 3.05) is 12.4 Å². The predicted molar refractivity (Wildman–Crippen MR) is 100 cm³/mol. The van der Waals surface area contributed by atoms with Crippen molar-refractivity contribution >= 4 is 28.9 Å². The number of hydrogen-bond acceptors (Lipinski definition) is 2. The molecule has 1 aliphatic rings. The van der Waals surface area contributed by atoms with Crippen molar-refractivity contribution < 1.29 is 4.79 Å². The Morgan fingerprint density at radius 1 is 1.17 bits per heavy atom. The lowest BCUT2D eigenvalue weighted by atomic mass is 9.84. The van der Waals surface area contributed by atoms with E-state index in [1.54, 1.807) is 18.2 Å². The summed E-state index contributed by atoms with van der Waals surface area (Å²) in [5.74, 6) is -0.183. The van der Waals surface area contributed by atoms with E-state index in [1.807, 2.05) is 31.3 Å². The number of hydrogen-bond donors (Lipinski definition) is 1. The van der Waals surface area contributed by atoms with E-state index in [4.69, 9.17) is 11.6 Å². The monoisotopic (exact) mass is 340 g/mol. The number of benzene rings is 2. The standard InChI is InChI=1S/C20H21ClN2O/c1-20(2)13-14-8-4-5-9-15(14)18(23(20)3)12-19(24)22-17-11-7-6-10-16(17)21/h4-12H,13H2,1-3H3,(H,22,24)/b18-12+. The molecular formula is C20H21ClN2O. The number of fused-ring (bicyclic) bond motifs is 1. The highest BCUT2D eigenvalue weighted by Crippen LogP contribution is 2.36. The summed E-state index contributed by atoms with van der Waals surface area (Å²) in [7, 11) is 2.03. The van der Waals surface area contributed by atoms with Crippen LogP contribution in [0.3, 0.4) is 0 Å². The first-order chi connectivity index (χ1) is 11.4. The SMILES string of the molecule is CN1/C(=C/C(=O)Nc2ccccc2Cl)c2ccccc2CC1(C)C. The molecule has 0 spiro atoms. The summed E-state index contributed by atoms with van der Waals surface area (Å²) in [6, 6.07) is 15.5. The van der Waals surface area contributed by atoms with Gasteiger partial charge in [0.2, 0.25) is 0 Å². The third-order valence-corrected chi connectivity index (χ3v) is 4.91. The lowest BCUT2D eigenvalue weighted by Gasteiger charge is -2.44. The average Bonchev–Trinajstić information content (AvgIpc) is 2.54. The number of likely N-dealkylation sites (N-methyl/N-ethyl adjacent to an activating group) is 1. The summed E-state index contributed by atoms with van der Waals surface area (Å²) in [6.45, 7) is 4.37. The molecule has 0 aliphatic carbocycles. The molecule has 1 amide bonds. The van der Waals surface area contributed by atoms with Crippen LogP contribution in [-0.4, -0.2) is 23.4 Å². The van der Waals surface area contributed by atoms with Gasteiger partial charge in [0.05, 0.1) is 10.7 Å². The Kier molecular flexibility index (Phi) is 4.37. The summed E-state index contributed by atoms with van der Waals surface area (Å²) in [5.41, 5.74) is 3.86. The van der Waals surface area contributed by atoms with Crippen LogP contribution in [0.4, 0.5) is 5.69 Å². The van der Waals surface area contributed by atoms with Crippen LogP contribution in [0.15, 0.2) is 54.6 Å². The molecule has 1 aliphatic heterocycles. The molecule has 1 N–H and O–H groups in total. The Morgan fingerprint density at radius 2 is 1.83 bits per heavy atom. The van der Waals surface area contributed by atoms with Crippen LogP contribution in [0.25, 0.3) is 5.70 Å². The third kappa shape index (κ3) is 3.17. The van der Waals surface area contributed by atoms with E-state index >= 15 is 0 Å². The van der Waals surface area contributed by atoms with Crippen LogP contribution < -0.4 is 5.32 Å². The Labute approximate surface area is 147 Å². The van der Waals surface area contributed by atoms with Crippen molar-refractivity contribution in [1.82, 2.24) is 4.90 Å². The van der Waals surface area contributed by atoms with Crippen molar-refractivity contribution in [1.29, 1.82) is 0 Å². The van der Waals surface area contributed by atoms with E-state index in [1.165, 1.54) is 5.56 Å². The van der Waals surface area contributed by atoms with Gasteiger partial charge in [-0.25, -0.2) is 0 Å². The molecule has 0 saturated carbocycles. The number of nitrogens with zero attached hydrogens (tertiary/aromatic N) is 1. The van der Waals surface area contributed by atoms with Gasteiger partial charge < -0.3 is 10.2 Å². The molecule has 0 radical (unpaired) electrons. The van der Waals surface area contributed by atoms with Crippen molar-refractivity contribution in [3.63, 3.8) is 0 Å². The fourth-order valence-electron chi connectivity index (χ4n) is 3.05. The number of halogens is 1. The van der Waals surface area contributed by atoms with E-state index in [0.717, 1.165) is 17.7 Å². The minimum absolute atomic E-state index is 0.0507. The second-order valence-corrected chi connectivity index (χ2v) is 7.11. The second-order valence-electron chi connectivity index (χ2n) is 6.70. The van der Waals surface area contributed by atoms with Crippen LogP contribution in [0, 0.1) is 0 Å². The zero-order chi connectivity index (χ0) is 17.3. The lowest BCUT2D eigenvalue weighted by Crippen LogP contribution is -2.45. The number of para-hydroxylation sites is 1. The number of carbonyl (C=O) groups excluding carboxylic acids is 1. The van der Waals surface area contributed by atoms with Gasteiger partial charge in [0.1, 0.15) is 0 Å². The van der Waals surface area contributed by atoms with E-state index in [9.17, 15) is 4.79 Å². The molecular weight excluding hydrogens is 320 g/mol. The number of anilines is 1. The molecule has 0 saturated heterocycles. The van der Waals surface area contributed by atoms with Crippen LogP contribution >= 0.6 is 11.6 Å². The summed E-state index contributed by atoms with van der Waals surface area (Å²) >= 11 is 6.12. The van der Waals surface area contributed by atoms with Gasteiger partial charge >= 0.3 is 0 Å². The normalized spacial score (nSPS) is 17.5. The maximum atomic E-state index is 12.5. The quantitative estimate of drug-likeness (QED) is 0.811. The van der Waals surface area contributed by atoms with Gasteiger partial charge in [0.25, 0.3) is 5.91 Å². The van der Waals surface area contributed by atoms with Gasteiger partial charge in [-0.2, -0.15) is 0 Å². The summed E-state index contributed by atoms with van der Waals surface area (Å²) in [6.07, 6.45) is 2.60. The number of amides is 1. The molecule has 2 aromatic rings. The van der Waals surface area contributed by atoms with Crippen molar-refractivity contribution in [2.24, 2.45) is 0 Å². The number of carbonyl (C=O) groups is 1. The molecule has 0 atom stereocenters. The number of nitrogens with one attached hydrogen (secondary N) is 1. The van der Waals surface area contributed by atoms with Gasteiger partial charge in [0, 0.05) is 29.9 Å². The molecule has 3 nitrogen and oxygen atoms in total. The van der Waals surface area contributed by atoms with E-state index in [2.05, 4.69) is 36.2 Å². The zero-order valence-electron chi connectivity index (χ0n) is 14.1. The minimum Gasteiger partial charge on any atom is -0.368 e. The van der Waals surface area contributed by atoms with Gasteiger partial charge in [0.15, 0.2) is 0 Å². The highest BCUT2D eigenvalue weighted by molar-refractivity contribution is 6.33. The third-order valence-electron chi connectivity index (χ3n) is 4.59. The molecule has 0 aromatic heterocycles. The molecule has 4 heteroatoms. The van der Waals surface area contributed by atoms with Crippen molar-refractivity contribution in [2.45, 2.75) is 25.8 Å². The Bertz CT molecular complexity index is 811. The number of rotatable bonds is 2. The second kappa shape index (κ2) is 6.33. The highest BCUT2D eigenvalue weighted by Gasteiger charge is 2.33. The molecule has 0 unspecified atom stereocenters. The first-order valence-electron chi connectivity index (χ1n) is 7.98. The molecule has 24 heavy (non-hydrogen) atoms. The summed E-state index contributed by atoms with van der Waals surface area (Å²) in [4.78, 5) is 14.7. The zero-order valence-corrected chi connectivity index (χ0v) is 14.9. The molecule has 124 valence electrons. The van der Waals surface area contributed by atoms with Crippen LogP contribution in [0.5, 0.6) is 0 Å². The smallest absolute Gasteiger partial charge is 0.250 e. The molecule has 0 fully saturated rings. The van der Waals surface area contributed by atoms with Crippen LogP contribution in [0.2, 0.25) is 5.02 Å². The minimum atomic E-state index is -0.183. The predicted octanol–water partition coefficient (Wildman–Crippen LogP) is 4.59. The van der Waals surface area contributed by atoms with Gasteiger partial charge in [-0.1, -0.05) is 48.0 Å². The Hall–Kier alpha value is -2.26. The topological polar surface area (TPSA) is 32.3 Å². The Morgan fingerprint density at radius 3 is 2.58 bits per heavy atom. The van der Waals surface area contributed by atoms with Crippen molar-refractivity contribution in [3.8, 4) is 0 Å². The van der Waals surface area contributed by atoms with Crippen LogP contribution in [-0.2, 0) is 11.2 Å². The fraction of sp³-hybridized carbons (Fsp3) is 0.250. The summed E-state index contributed by atoms with van der Waals surface area (Å²) in [5, 5.41) is 3.39. The molecule has 2 aromatic carbocycles. The maximum absolute atomic E-state index is 12.5. The maximum Gasteiger partial charge on any atom is 0.250 e. The van der Waals surface area contributed by atoms with E-state index < -0.39 is 0 Å². The first-order valence-corrected chi connectivity index (χ1v) is 8.35. The lowest BCUT2D eigenvalue weighted by molar-refractivity contribution is -0.111. The van der Waals surface area contributed by atoms with Gasteiger partial charge in [-0.3, -0.25) is 4.79 Å². The van der Waals surface area contributed by atoms with Gasteiger partial charge in [-0.15, -0.1) is 0 Å². The van der Waals surface area contributed by atoms with E-state index in [0.29, 0.717) is 10.7 Å². The average molecular weight is 341 g/mol. The summed E-state index contributed by atoms with van der Waals surface area (Å²) < 4.78 is 0. The van der Waals surface area contributed by atoms with Crippen molar-refractivity contribution in [3.05, 3.63) is 70.8 Å². The van der Waals surface area contributed by atoms with Crippen LogP contribution in [0.1, 0.15) is 25.0 Å². The molecule has 3 rings (SSSR count). The van der Waals surface area contributed by atoms with Gasteiger partial charge in [-0.05, 0) is 38.0 Å². The molecule has 0 bridgehead atoms.